The normalized spacial score (nSPS) is 11.5. The molecule has 0 unspecified atom stereocenters. The van der Waals surface area contributed by atoms with Gasteiger partial charge in [0, 0.05) is 16.3 Å². The van der Waals surface area contributed by atoms with Gasteiger partial charge in [0.15, 0.2) is 0 Å². The predicted molar refractivity (Wildman–Crippen MR) is 119 cm³/mol. The highest BCUT2D eigenvalue weighted by Gasteiger charge is 2.13. The molecule has 5 nitrogen and oxygen atoms in total. The lowest BCUT2D eigenvalue weighted by molar-refractivity contribution is 0.415. The lowest BCUT2D eigenvalue weighted by Gasteiger charge is -2.08. The molecule has 1 aromatic heterocycles. The molecule has 0 fully saturated rings. The number of aromatic nitrogens is 1. The Hall–Kier alpha value is -2.61. The number of hydrogen-bond acceptors (Lipinski definition) is 5. The summed E-state index contributed by atoms with van der Waals surface area (Å²) in [4.78, 5) is 4.64. The number of halogens is 1. The second-order valence-electron chi connectivity index (χ2n) is 6.42. The smallest absolute Gasteiger partial charge is 0.236 e. The van der Waals surface area contributed by atoms with Gasteiger partial charge in [0.2, 0.25) is 10.0 Å². The van der Waals surface area contributed by atoms with Crippen molar-refractivity contribution in [2.24, 2.45) is 0 Å². The number of hydrogen-bond donors (Lipinski definition) is 1. The highest BCUT2D eigenvalue weighted by Crippen LogP contribution is 2.32. The van der Waals surface area contributed by atoms with Crippen molar-refractivity contribution in [2.45, 2.75) is 5.75 Å². The molecule has 148 valence electrons. The summed E-state index contributed by atoms with van der Waals surface area (Å²) in [5.41, 5.74) is 3.00. The van der Waals surface area contributed by atoms with Crippen LogP contribution >= 0.6 is 22.9 Å². The number of methoxy groups -OCH3 is 1. The van der Waals surface area contributed by atoms with E-state index in [2.05, 4.69) is 9.71 Å². The van der Waals surface area contributed by atoms with Crippen LogP contribution in [0.25, 0.3) is 20.8 Å². The van der Waals surface area contributed by atoms with Gasteiger partial charge in [-0.2, -0.15) is 0 Å². The standard InChI is InChI=1S/C21H17ClN2O3S2/c1-27-18-10-11-19-20(12-18)28-21(23-19)15-4-8-17(9-5-15)24-29(25,26)13-14-2-6-16(22)7-3-14/h2-12,24H,13H2,1H3. The zero-order chi connectivity index (χ0) is 20.4. The first-order chi connectivity index (χ1) is 13.9. The molecule has 0 radical (unpaired) electrons. The number of thiazole rings is 1. The summed E-state index contributed by atoms with van der Waals surface area (Å²) in [7, 11) is -1.89. The van der Waals surface area contributed by atoms with Crippen LogP contribution in [0.3, 0.4) is 0 Å². The maximum absolute atomic E-state index is 12.4. The van der Waals surface area contributed by atoms with Gasteiger partial charge in [-0.15, -0.1) is 11.3 Å². The van der Waals surface area contributed by atoms with Gasteiger partial charge in [-0.3, -0.25) is 4.72 Å². The van der Waals surface area contributed by atoms with Crippen LogP contribution in [0, 0.1) is 0 Å². The molecule has 0 spiro atoms. The average Bonchev–Trinajstić information content (AvgIpc) is 3.13. The minimum absolute atomic E-state index is 0.119. The minimum atomic E-state index is -3.53. The molecule has 8 heteroatoms. The molecule has 0 saturated heterocycles. The van der Waals surface area contributed by atoms with E-state index in [0.29, 0.717) is 16.3 Å². The molecule has 0 bridgehead atoms. The topological polar surface area (TPSA) is 68.3 Å². The zero-order valence-electron chi connectivity index (χ0n) is 15.4. The van der Waals surface area contributed by atoms with Crippen molar-refractivity contribution < 1.29 is 13.2 Å². The number of nitrogens with zero attached hydrogens (tertiary/aromatic N) is 1. The maximum atomic E-state index is 12.4. The van der Waals surface area contributed by atoms with Crippen LogP contribution < -0.4 is 9.46 Å². The number of nitrogens with one attached hydrogen (secondary N) is 1. The first kappa shape index (κ1) is 19.7. The number of benzene rings is 3. The Labute approximate surface area is 178 Å². The summed E-state index contributed by atoms with van der Waals surface area (Å²) in [5.74, 6) is 0.671. The second-order valence-corrected chi connectivity index (χ2v) is 9.61. The van der Waals surface area contributed by atoms with Gasteiger partial charge in [0.25, 0.3) is 0 Å². The summed E-state index contributed by atoms with van der Waals surface area (Å²) in [6.07, 6.45) is 0. The molecule has 0 aliphatic carbocycles. The van der Waals surface area contributed by atoms with Crippen LogP contribution in [0.15, 0.2) is 66.7 Å². The molecular weight excluding hydrogens is 428 g/mol. The lowest BCUT2D eigenvalue weighted by Crippen LogP contribution is -2.14. The molecule has 0 aliphatic rings. The Bertz CT molecular complexity index is 1250. The first-order valence-corrected chi connectivity index (χ1v) is 11.6. The molecule has 3 aromatic carbocycles. The predicted octanol–water partition coefficient (Wildman–Crippen LogP) is 5.57. The SMILES string of the molecule is COc1ccc2nc(-c3ccc(NS(=O)(=O)Cc4ccc(Cl)cc4)cc3)sc2c1. The number of rotatable bonds is 6. The van der Waals surface area contributed by atoms with E-state index in [1.54, 1.807) is 54.8 Å². The monoisotopic (exact) mass is 444 g/mol. The zero-order valence-corrected chi connectivity index (χ0v) is 17.8. The molecule has 0 atom stereocenters. The fourth-order valence-corrected chi connectivity index (χ4v) is 5.18. The van der Waals surface area contributed by atoms with E-state index in [9.17, 15) is 8.42 Å². The van der Waals surface area contributed by atoms with E-state index in [4.69, 9.17) is 16.3 Å². The highest BCUT2D eigenvalue weighted by atomic mass is 35.5. The fourth-order valence-electron chi connectivity index (χ4n) is 2.85. The number of anilines is 1. The van der Waals surface area contributed by atoms with Crippen molar-refractivity contribution >= 4 is 48.9 Å². The third kappa shape index (κ3) is 4.70. The molecular formula is C21H17ClN2O3S2. The van der Waals surface area contributed by atoms with Crippen molar-refractivity contribution in [1.82, 2.24) is 4.98 Å². The molecule has 4 aromatic rings. The number of sulfonamides is 1. The molecule has 0 amide bonds. The van der Waals surface area contributed by atoms with Gasteiger partial charge < -0.3 is 4.74 Å². The highest BCUT2D eigenvalue weighted by molar-refractivity contribution is 7.91. The van der Waals surface area contributed by atoms with Crippen molar-refractivity contribution in [3.05, 3.63) is 77.3 Å². The van der Waals surface area contributed by atoms with Crippen LogP contribution in [0.1, 0.15) is 5.56 Å². The van der Waals surface area contributed by atoms with Crippen molar-refractivity contribution in [2.75, 3.05) is 11.8 Å². The Balaban J connectivity index is 1.50. The summed E-state index contributed by atoms with van der Waals surface area (Å²) < 4.78 is 33.7. The van der Waals surface area contributed by atoms with Gasteiger partial charge in [0.05, 0.1) is 23.1 Å². The number of ether oxygens (including phenoxy) is 1. The molecule has 4 rings (SSSR count). The Morgan fingerprint density at radius 2 is 1.76 bits per heavy atom. The van der Waals surface area contributed by atoms with E-state index in [0.717, 1.165) is 26.5 Å². The van der Waals surface area contributed by atoms with Gasteiger partial charge in [-0.05, 0) is 60.2 Å². The van der Waals surface area contributed by atoms with Crippen LogP contribution in [0.5, 0.6) is 5.75 Å². The lowest BCUT2D eigenvalue weighted by atomic mass is 10.2. The largest absolute Gasteiger partial charge is 0.497 e. The van der Waals surface area contributed by atoms with E-state index in [1.165, 1.54) is 0 Å². The van der Waals surface area contributed by atoms with Gasteiger partial charge in [-0.25, -0.2) is 13.4 Å². The van der Waals surface area contributed by atoms with E-state index < -0.39 is 10.0 Å². The van der Waals surface area contributed by atoms with Crippen LogP contribution in [-0.2, 0) is 15.8 Å². The summed E-state index contributed by atoms with van der Waals surface area (Å²) in [6, 6.07) is 19.7. The van der Waals surface area contributed by atoms with Gasteiger partial charge in [0.1, 0.15) is 10.8 Å². The Morgan fingerprint density at radius 1 is 1.03 bits per heavy atom. The van der Waals surface area contributed by atoms with Crippen LogP contribution in [0.2, 0.25) is 5.02 Å². The van der Waals surface area contributed by atoms with Gasteiger partial charge in [-0.1, -0.05) is 23.7 Å². The molecule has 29 heavy (non-hydrogen) atoms. The summed E-state index contributed by atoms with van der Waals surface area (Å²) in [5, 5.41) is 1.44. The number of fused-ring (bicyclic) bond motifs is 1. The van der Waals surface area contributed by atoms with Crippen molar-refractivity contribution in [3.63, 3.8) is 0 Å². The van der Waals surface area contributed by atoms with Crippen LogP contribution in [0.4, 0.5) is 5.69 Å². The quantitative estimate of drug-likeness (QED) is 0.422. The Kier molecular flexibility index (Phi) is 5.45. The second kappa shape index (κ2) is 8.02. The van der Waals surface area contributed by atoms with E-state index in [1.807, 2.05) is 30.3 Å². The van der Waals surface area contributed by atoms with Crippen molar-refractivity contribution in [1.29, 1.82) is 0 Å². The van der Waals surface area contributed by atoms with E-state index in [-0.39, 0.29) is 5.75 Å². The summed E-state index contributed by atoms with van der Waals surface area (Å²) >= 11 is 7.40. The first-order valence-electron chi connectivity index (χ1n) is 8.72. The summed E-state index contributed by atoms with van der Waals surface area (Å²) in [6.45, 7) is 0. The van der Waals surface area contributed by atoms with Gasteiger partial charge >= 0.3 is 0 Å². The minimum Gasteiger partial charge on any atom is -0.497 e. The van der Waals surface area contributed by atoms with Crippen LogP contribution in [-0.4, -0.2) is 20.5 Å². The average molecular weight is 445 g/mol. The maximum Gasteiger partial charge on any atom is 0.236 e. The molecule has 0 saturated carbocycles. The van der Waals surface area contributed by atoms with Crippen molar-refractivity contribution in [3.8, 4) is 16.3 Å². The Morgan fingerprint density at radius 3 is 2.45 bits per heavy atom. The third-order valence-electron chi connectivity index (χ3n) is 4.27. The molecule has 0 aliphatic heterocycles. The molecule has 1 heterocycles. The molecule has 1 N–H and O–H groups in total. The fraction of sp³-hybridized carbons (Fsp3) is 0.0952. The van der Waals surface area contributed by atoms with E-state index >= 15 is 0 Å². The third-order valence-corrected chi connectivity index (χ3v) is 6.85.